The maximum atomic E-state index is 12.2. The van der Waals surface area contributed by atoms with Crippen molar-refractivity contribution in [2.45, 2.75) is 13.8 Å². The first kappa shape index (κ1) is 15.0. The largest absolute Gasteiger partial charge is 0.289 e. The highest BCUT2D eigenvalue weighted by Gasteiger charge is 2.08. The van der Waals surface area contributed by atoms with Crippen molar-refractivity contribution in [2.75, 3.05) is 0 Å². The number of ketones is 1. The molecule has 0 fully saturated rings. The predicted octanol–water partition coefficient (Wildman–Crippen LogP) is 5.62. The fourth-order valence-corrected chi connectivity index (χ4v) is 2.64. The molecular weight excluding hydrogens is 336 g/mol. The molecule has 2 rings (SSSR count). The standard InChI is InChI=1S/C17H14BrClO/c1-11-4-3-5-12(2)14(11)7-9-17(20)15-10-13(19)6-8-16(15)18/h3-10H,1-2H3/b9-7+. The summed E-state index contributed by atoms with van der Waals surface area (Å²) in [7, 11) is 0. The van der Waals surface area contributed by atoms with Gasteiger partial charge in [-0.3, -0.25) is 4.79 Å². The van der Waals surface area contributed by atoms with E-state index >= 15 is 0 Å². The van der Waals surface area contributed by atoms with Crippen LogP contribution in [-0.4, -0.2) is 5.78 Å². The van der Waals surface area contributed by atoms with E-state index in [4.69, 9.17) is 11.6 Å². The number of halogens is 2. The summed E-state index contributed by atoms with van der Waals surface area (Å²) >= 11 is 9.30. The van der Waals surface area contributed by atoms with Gasteiger partial charge in [-0.15, -0.1) is 0 Å². The minimum Gasteiger partial charge on any atom is -0.289 e. The number of allylic oxidation sites excluding steroid dienone is 1. The van der Waals surface area contributed by atoms with E-state index in [-0.39, 0.29) is 5.78 Å². The van der Waals surface area contributed by atoms with Crippen LogP contribution in [0.1, 0.15) is 27.0 Å². The quantitative estimate of drug-likeness (QED) is 0.519. The summed E-state index contributed by atoms with van der Waals surface area (Å²) in [6, 6.07) is 11.3. The molecule has 0 atom stereocenters. The minimum absolute atomic E-state index is 0.0676. The molecule has 1 nitrogen and oxygen atoms in total. The molecule has 102 valence electrons. The van der Waals surface area contributed by atoms with E-state index in [1.807, 2.05) is 38.1 Å². The summed E-state index contributed by atoms with van der Waals surface area (Å²) < 4.78 is 0.748. The molecule has 0 saturated carbocycles. The monoisotopic (exact) mass is 348 g/mol. The van der Waals surface area contributed by atoms with Crippen LogP contribution in [-0.2, 0) is 0 Å². The van der Waals surface area contributed by atoms with Crippen molar-refractivity contribution in [3.05, 3.63) is 74.2 Å². The lowest BCUT2D eigenvalue weighted by Crippen LogP contribution is -1.96. The third kappa shape index (κ3) is 3.38. The van der Waals surface area contributed by atoms with Gasteiger partial charge in [0.2, 0.25) is 0 Å². The predicted molar refractivity (Wildman–Crippen MR) is 88.4 cm³/mol. The first-order valence-electron chi connectivity index (χ1n) is 6.22. The normalized spacial score (nSPS) is 11.0. The highest BCUT2D eigenvalue weighted by molar-refractivity contribution is 9.10. The Bertz CT molecular complexity index is 669. The van der Waals surface area contributed by atoms with E-state index in [0.29, 0.717) is 10.6 Å². The Morgan fingerprint density at radius 2 is 1.80 bits per heavy atom. The first-order valence-corrected chi connectivity index (χ1v) is 7.40. The van der Waals surface area contributed by atoms with E-state index in [0.717, 1.165) is 21.2 Å². The molecule has 0 saturated heterocycles. The van der Waals surface area contributed by atoms with Crippen LogP contribution in [0, 0.1) is 13.8 Å². The molecule has 0 unspecified atom stereocenters. The van der Waals surface area contributed by atoms with Crippen molar-refractivity contribution in [1.29, 1.82) is 0 Å². The van der Waals surface area contributed by atoms with Crippen molar-refractivity contribution in [2.24, 2.45) is 0 Å². The molecule has 0 aliphatic rings. The molecule has 0 bridgehead atoms. The SMILES string of the molecule is Cc1cccc(C)c1/C=C/C(=O)c1cc(Cl)ccc1Br. The third-order valence-corrected chi connectivity index (χ3v) is 4.06. The lowest BCUT2D eigenvalue weighted by atomic mass is 10.0. The lowest BCUT2D eigenvalue weighted by molar-refractivity contribution is 0.104. The molecular formula is C17H14BrClO. The second-order valence-corrected chi connectivity index (χ2v) is 5.92. The maximum Gasteiger partial charge on any atom is 0.187 e. The zero-order chi connectivity index (χ0) is 14.7. The van der Waals surface area contributed by atoms with Crippen LogP contribution in [0.25, 0.3) is 6.08 Å². The smallest absolute Gasteiger partial charge is 0.187 e. The summed E-state index contributed by atoms with van der Waals surface area (Å²) in [4.78, 5) is 12.2. The average Bonchev–Trinajstić information content (AvgIpc) is 2.40. The average molecular weight is 350 g/mol. The Morgan fingerprint density at radius 1 is 1.15 bits per heavy atom. The van der Waals surface area contributed by atoms with Gasteiger partial charge in [0.05, 0.1) is 0 Å². The fourth-order valence-electron chi connectivity index (χ4n) is 2.03. The van der Waals surface area contributed by atoms with Crippen LogP contribution >= 0.6 is 27.5 Å². The Kier molecular flexibility index (Phi) is 4.79. The van der Waals surface area contributed by atoms with Gasteiger partial charge in [0.15, 0.2) is 5.78 Å². The Hall–Kier alpha value is -1.38. The summed E-state index contributed by atoms with van der Waals surface area (Å²) in [5.41, 5.74) is 3.96. The number of benzene rings is 2. The topological polar surface area (TPSA) is 17.1 Å². The van der Waals surface area contributed by atoms with E-state index < -0.39 is 0 Å². The van der Waals surface area contributed by atoms with Gasteiger partial charge in [-0.2, -0.15) is 0 Å². The van der Waals surface area contributed by atoms with Gasteiger partial charge in [-0.1, -0.05) is 51.8 Å². The molecule has 0 amide bonds. The van der Waals surface area contributed by atoms with Crippen LogP contribution in [0.3, 0.4) is 0 Å². The van der Waals surface area contributed by atoms with Gasteiger partial charge in [0.25, 0.3) is 0 Å². The lowest BCUT2D eigenvalue weighted by Gasteiger charge is -2.05. The number of rotatable bonds is 3. The third-order valence-electron chi connectivity index (χ3n) is 3.14. The molecule has 0 N–H and O–H groups in total. The van der Waals surface area contributed by atoms with E-state index in [2.05, 4.69) is 15.9 Å². The Labute approximate surface area is 132 Å². The van der Waals surface area contributed by atoms with Gasteiger partial charge in [-0.25, -0.2) is 0 Å². The van der Waals surface area contributed by atoms with Crippen molar-refractivity contribution >= 4 is 39.4 Å². The molecule has 0 heterocycles. The van der Waals surface area contributed by atoms with Crippen molar-refractivity contribution in [3.63, 3.8) is 0 Å². The van der Waals surface area contributed by atoms with E-state index in [1.165, 1.54) is 0 Å². The molecule has 0 spiro atoms. The van der Waals surface area contributed by atoms with Crippen LogP contribution in [0.15, 0.2) is 46.9 Å². The molecule has 3 heteroatoms. The zero-order valence-corrected chi connectivity index (χ0v) is 13.6. The number of hydrogen-bond acceptors (Lipinski definition) is 1. The van der Waals surface area contributed by atoms with Gasteiger partial charge in [0.1, 0.15) is 0 Å². The summed E-state index contributed by atoms with van der Waals surface area (Å²) in [6.07, 6.45) is 3.45. The molecule has 0 aromatic heterocycles. The highest BCUT2D eigenvalue weighted by Crippen LogP contribution is 2.22. The second kappa shape index (κ2) is 6.38. The van der Waals surface area contributed by atoms with Gasteiger partial charge >= 0.3 is 0 Å². The van der Waals surface area contributed by atoms with E-state index in [9.17, 15) is 4.79 Å². The van der Waals surface area contributed by atoms with Gasteiger partial charge < -0.3 is 0 Å². The molecule has 2 aromatic rings. The highest BCUT2D eigenvalue weighted by atomic mass is 79.9. The number of aryl methyl sites for hydroxylation is 2. The van der Waals surface area contributed by atoms with Crippen LogP contribution in [0.5, 0.6) is 0 Å². The maximum absolute atomic E-state index is 12.2. The van der Waals surface area contributed by atoms with Gasteiger partial charge in [0, 0.05) is 15.1 Å². The molecule has 20 heavy (non-hydrogen) atoms. The van der Waals surface area contributed by atoms with Gasteiger partial charge in [-0.05, 0) is 54.8 Å². The number of hydrogen-bond donors (Lipinski definition) is 0. The Balaban J connectivity index is 2.32. The number of carbonyl (C=O) groups is 1. The Morgan fingerprint density at radius 3 is 2.45 bits per heavy atom. The van der Waals surface area contributed by atoms with E-state index in [1.54, 1.807) is 24.3 Å². The van der Waals surface area contributed by atoms with Crippen LogP contribution in [0.4, 0.5) is 0 Å². The molecule has 0 radical (unpaired) electrons. The molecule has 0 aliphatic carbocycles. The van der Waals surface area contributed by atoms with Crippen LogP contribution in [0.2, 0.25) is 5.02 Å². The van der Waals surface area contributed by atoms with Crippen LogP contribution < -0.4 is 0 Å². The summed E-state index contributed by atoms with van der Waals surface area (Å²) in [5, 5.41) is 0.553. The second-order valence-electron chi connectivity index (χ2n) is 4.63. The summed E-state index contributed by atoms with van der Waals surface area (Å²) in [5.74, 6) is -0.0676. The summed E-state index contributed by atoms with van der Waals surface area (Å²) in [6.45, 7) is 4.07. The van der Waals surface area contributed by atoms with Crippen molar-refractivity contribution in [3.8, 4) is 0 Å². The number of carbonyl (C=O) groups excluding carboxylic acids is 1. The molecule has 0 aliphatic heterocycles. The first-order chi connectivity index (χ1) is 9.49. The zero-order valence-electron chi connectivity index (χ0n) is 11.3. The fraction of sp³-hybridized carbons (Fsp3) is 0.118. The molecule has 2 aromatic carbocycles. The van der Waals surface area contributed by atoms with Crippen molar-refractivity contribution in [1.82, 2.24) is 0 Å². The van der Waals surface area contributed by atoms with Crippen molar-refractivity contribution < 1.29 is 4.79 Å². The minimum atomic E-state index is -0.0676.